The van der Waals surface area contributed by atoms with Crippen LogP contribution in [0.4, 0.5) is 4.79 Å². The van der Waals surface area contributed by atoms with Crippen molar-refractivity contribution in [1.82, 2.24) is 41.1 Å². The second-order valence-corrected chi connectivity index (χ2v) is 8.92. The highest BCUT2D eigenvalue weighted by Crippen LogP contribution is 2.56. The molecule has 0 radical (unpaired) electrons. The number of aromatic amines is 1. The smallest absolute Gasteiger partial charge is 0.315 e. The Morgan fingerprint density at radius 2 is 1.89 bits per heavy atom. The van der Waals surface area contributed by atoms with Crippen LogP contribution in [0.1, 0.15) is 53.4 Å². The molecule has 3 rings (SSSR count). The van der Waals surface area contributed by atoms with Gasteiger partial charge in [-0.05, 0) is 50.8 Å². The number of nitrogens with one attached hydrogen (secondary N) is 3. The van der Waals surface area contributed by atoms with E-state index in [2.05, 4.69) is 56.9 Å². The van der Waals surface area contributed by atoms with Crippen LogP contribution in [0.15, 0.2) is 0 Å². The summed E-state index contributed by atoms with van der Waals surface area (Å²) in [7, 11) is 0. The standard InChI is InChI=1S/C11H17N7O2S.C6H15N/c1-4-12-10(20)13-5-8(19)18-6(7-14-16-17-15-7)11(2,3)21-9(5)18;1-4-7(5-2)6-3/h5-6,9H,4H2,1-3H3,(H2,12,13,20)(H,14,15,16,17);4-6H2,1-3H3/t5?,6?,9-;/m1./s1. The molecule has 11 heteroatoms. The van der Waals surface area contributed by atoms with Crippen LogP contribution in [0.5, 0.6) is 0 Å². The molecule has 0 aromatic carbocycles. The number of amides is 3. The van der Waals surface area contributed by atoms with Gasteiger partial charge in [0.2, 0.25) is 5.91 Å². The molecular formula is C17H32N8O2S. The summed E-state index contributed by atoms with van der Waals surface area (Å²) in [5.41, 5.74) is 0. The minimum absolute atomic E-state index is 0.0924. The predicted octanol–water partition coefficient (Wildman–Crippen LogP) is 0.970. The Kier molecular flexibility index (Phi) is 7.64. The lowest BCUT2D eigenvalue weighted by molar-refractivity contribution is -0.148. The summed E-state index contributed by atoms with van der Waals surface area (Å²) < 4.78 is -0.237. The van der Waals surface area contributed by atoms with E-state index in [-0.39, 0.29) is 28.1 Å². The van der Waals surface area contributed by atoms with Gasteiger partial charge in [0, 0.05) is 11.3 Å². The van der Waals surface area contributed by atoms with Gasteiger partial charge in [0.15, 0.2) is 5.82 Å². The number of tetrazole rings is 1. The van der Waals surface area contributed by atoms with E-state index < -0.39 is 6.04 Å². The Morgan fingerprint density at radius 1 is 1.25 bits per heavy atom. The zero-order valence-electron chi connectivity index (χ0n) is 17.5. The van der Waals surface area contributed by atoms with Crippen molar-refractivity contribution in [3.05, 3.63) is 5.82 Å². The van der Waals surface area contributed by atoms with Gasteiger partial charge < -0.3 is 20.4 Å². The molecule has 2 saturated heterocycles. The quantitative estimate of drug-likeness (QED) is 0.596. The maximum absolute atomic E-state index is 12.4. The van der Waals surface area contributed by atoms with E-state index in [0.29, 0.717) is 12.4 Å². The fourth-order valence-corrected chi connectivity index (χ4v) is 5.13. The maximum Gasteiger partial charge on any atom is 0.315 e. The zero-order valence-corrected chi connectivity index (χ0v) is 18.3. The molecule has 0 bridgehead atoms. The molecule has 2 fully saturated rings. The third kappa shape index (κ3) is 4.57. The van der Waals surface area contributed by atoms with E-state index in [1.807, 2.05) is 20.8 Å². The van der Waals surface area contributed by atoms with E-state index >= 15 is 0 Å². The van der Waals surface area contributed by atoms with Gasteiger partial charge in [-0.3, -0.25) is 4.79 Å². The van der Waals surface area contributed by atoms with E-state index in [1.54, 1.807) is 16.7 Å². The van der Waals surface area contributed by atoms with Crippen LogP contribution in [0.2, 0.25) is 0 Å². The zero-order chi connectivity index (χ0) is 20.9. The molecule has 158 valence electrons. The number of urea groups is 1. The summed E-state index contributed by atoms with van der Waals surface area (Å²) in [6, 6.07) is -1.04. The van der Waals surface area contributed by atoms with Gasteiger partial charge in [-0.15, -0.1) is 16.9 Å². The molecule has 3 amide bonds. The Balaban J connectivity index is 0.000000345. The Labute approximate surface area is 170 Å². The Bertz CT molecular complexity index is 644. The lowest BCUT2D eigenvalue weighted by Crippen LogP contribution is -2.68. The number of carbonyl (C=O) groups excluding carboxylic acids is 2. The van der Waals surface area contributed by atoms with E-state index in [0.717, 1.165) is 0 Å². The highest BCUT2D eigenvalue weighted by atomic mass is 32.2. The lowest BCUT2D eigenvalue weighted by atomic mass is 9.95. The van der Waals surface area contributed by atoms with E-state index in [4.69, 9.17) is 0 Å². The number of aromatic nitrogens is 4. The number of carbonyl (C=O) groups is 2. The fourth-order valence-electron chi connectivity index (χ4n) is 3.50. The Morgan fingerprint density at radius 3 is 2.36 bits per heavy atom. The number of thioether (sulfide) groups is 1. The van der Waals surface area contributed by atoms with E-state index in [9.17, 15) is 9.59 Å². The SMILES string of the molecule is CCN(CC)CC.CCNC(=O)NC1C(=O)N2C(c3nnn[nH]3)C(C)(C)S[C@H]12. The Hall–Kier alpha value is -1.88. The van der Waals surface area contributed by atoms with Gasteiger partial charge in [0.05, 0.1) is 0 Å². The van der Waals surface area contributed by atoms with Crippen molar-refractivity contribution < 1.29 is 9.59 Å². The number of β-lactam (4-membered cyclic amide) rings is 1. The minimum atomic E-state index is -0.498. The largest absolute Gasteiger partial charge is 0.338 e. The topological polar surface area (TPSA) is 119 Å². The first-order chi connectivity index (χ1) is 13.3. The summed E-state index contributed by atoms with van der Waals surface area (Å²) in [5, 5.41) is 19.1. The second-order valence-electron chi connectivity index (χ2n) is 7.15. The number of hydrogen-bond acceptors (Lipinski definition) is 7. The third-order valence-corrected chi connectivity index (χ3v) is 6.60. The summed E-state index contributed by atoms with van der Waals surface area (Å²) >= 11 is 1.64. The molecule has 28 heavy (non-hydrogen) atoms. The van der Waals surface area contributed by atoms with E-state index in [1.165, 1.54) is 19.6 Å². The first-order valence-electron chi connectivity index (χ1n) is 9.80. The summed E-state index contributed by atoms with van der Waals surface area (Å²) in [5.74, 6) is 0.463. The average molecular weight is 413 g/mol. The molecule has 2 aliphatic heterocycles. The second kappa shape index (κ2) is 9.55. The average Bonchev–Trinajstić information content (AvgIpc) is 3.26. The highest BCUT2D eigenvalue weighted by Gasteiger charge is 2.63. The van der Waals surface area contributed by atoms with Gasteiger partial charge >= 0.3 is 6.03 Å². The fraction of sp³-hybridized carbons (Fsp3) is 0.824. The molecule has 0 saturated carbocycles. The predicted molar refractivity (Wildman–Crippen MR) is 109 cm³/mol. The van der Waals surface area contributed by atoms with Gasteiger partial charge in [-0.25, -0.2) is 9.89 Å². The number of nitrogens with zero attached hydrogens (tertiary/aromatic N) is 5. The monoisotopic (exact) mass is 412 g/mol. The molecule has 3 N–H and O–H groups in total. The molecule has 2 aliphatic rings. The lowest BCUT2D eigenvalue weighted by Gasteiger charge is -2.44. The summed E-state index contributed by atoms with van der Waals surface area (Å²) in [6.45, 7) is 16.6. The van der Waals surface area contributed by atoms with Crippen molar-refractivity contribution in [3.63, 3.8) is 0 Å². The molecule has 0 spiro atoms. The third-order valence-electron chi connectivity index (χ3n) is 5.03. The van der Waals surface area contributed by atoms with Crippen molar-refractivity contribution >= 4 is 23.7 Å². The van der Waals surface area contributed by atoms with Crippen LogP contribution in [0.25, 0.3) is 0 Å². The van der Waals surface area contributed by atoms with Crippen LogP contribution in [0.3, 0.4) is 0 Å². The van der Waals surface area contributed by atoms with Crippen LogP contribution in [0, 0.1) is 0 Å². The molecule has 10 nitrogen and oxygen atoms in total. The van der Waals surface area contributed by atoms with Crippen molar-refractivity contribution in [2.45, 2.75) is 63.7 Å². The summed E-state index contributed by atoms with van der Waals surface area (Å²) in [6.07, 6.45) is 0. The number of rotatable bonds is 6. The van der Waals surface area contributed by atoms with Gasteiger partial charge in [0.1, 0.15) is 17.5 Å². The summed E-state index contributed by atoms with van der Waals surface area (Å²) in [4.78, 5) is 28.1. The minimum Gasteiger partial charge on any atom is -0.338 e. The van der Waals surface area contributed by atoms with Gasteiger partial charge in [0.25, 0.3) is 0 Å². The van der Waals surface area contributed by atoms with Crippen molar-refractivity contribution in [2.75, 3.05) is 26.2 Å². The van der Waals surface area contributed by atoms with Crippen molar-refractivity contribution in [3.8, 4) is 0 Å². The number of hydrogen-bond donors (Lipinski definition) is 3. The van der Waals surface area contributed by atoms with Crippen LogP contribution in [-0.4, -0.2) is 84.7 Å². The highest BCUT2D eigenvalue weighted by molar-refractivity contribution is 8.01. The molecule has 1 aromatic rings. The molecule has 3 heterocycles. The van der Waals surface area contributed by atoms with Crippen LogP contribution < -0.4 is 10.6 Å². The molecule has 1 aromatic heterocycles. The molecule has 3 atom stereocenters. The van der Waals surface area contributed by atoms with Crippen LogP contribution in [-0.2, 0) is 4.79 Å². The first-order valence-corrected chi connectivity index (χ1v) is 10.7. The number of H-pyrrole nitrogens is 1. The first kappa shape index (κ1) is 22.4. The van der Waals surface area contributed by atoms with Crippen molar-refractivity contribution in [1.29, 1.82) is 0 Å². The number of fused-ring (bicyclic) bond motifs is 1. The van der Waals surface area contributed by atoms with Crippen LogP contribution >= 0.6 is 11.8 Å². The molecule has 0 aliphatic carbocycles. The van der Waals surface area contributed by atoms with Gasteiger partial charge in [-0.2, -0.15) is 0 Å². The normalized spacial score (nSPS) is 24.9. The van der Waals surface area contributed by atoms with Gasteiger partial charge in [-0.1, -0.05) is 20.8 Å². The maximum atomic E-state index is 12.4. The molecule has 2 unspecified atom stereocenters. The van der Waals surface area contributed by atoms with Crippen molar-refractivity contribution in [2.24, 2.45) is 0 Å². The molecular weight excluding hydrogens is 380 g/mol.